The molecule has 2 aromatic heterocycles. The molecule has 2 heterocycles. The first-order valence-corrected chi connectivity index (χ1v) is 7.74. The van der Waals surface area contributed by atoms with Crippen LogP contribution < -0.4 is 5.32 Å². The van der Waals surface area contributed by atoms with Crippen LogP contribution in [0.1, 0.15) is 39.8 Å². The first kappa shape index (κ1) is 14.8. The second kappa shape index (κ2) is 5.79. The van der Waals surface area contributed by atoms with Crippen molar-refractivity contribution in [1.29, 1.82) is 0 Å². The van der Waals surface area contributed by atoms with E-state index in [1.807, 2.05) is 38.3 Å². The van der Waals surface area contributed by atoms with Crippen molar-refractivity contribution in [3.8, 4) is 10.6 Å². The molecule has 0 saturated carbocycles. The normalized spacial score (nSPS) is 11.6. The molecule has 0 bridgehead atoms. The van der Waals surface area contributed by atoms with Crippen molar-refractivity contribution in [2.75, 3.05) is 5.32 Å². The fourth-order valence-corrected chi connectivity index (χ4v) is 2.56. The Morgan fingerprint density at radius 2 is 2.20 bits per heavy atom. The lowest BCUT2D eigenvalue weighted by Gasteiger charge is -2.18. The van der Waals surface area contributed by atoms with Gasteiger partial charge in [-0.25, -0.2) is 0 Å². The van der Waals surface area contributed by atoms with Crippen molar-refractivity contribution >= 4 is 22.9 Å². The van der Waals surface area contributed by atoms with Gasteiger partial charge in [0.25, 0.3) is 0 Å². The third kappa shape index (κ3) is 3.10. The molecule has 2 N–H and O–H groups in total. The highest BCUT2D eigenvalue weighted by Gasteiger charge is 2.25. The first-order valence-electron chi connectivity index (χ1n) is 6.86. The molecule has 0 atom stereocenters. The molecule has 0 fully saturated rings. The maximum atomic E-state index is 12.3. The standard InChI is InChI=1S/C15H21N3OS/c1-5-7-10-12(16-14(19)15(2,3)4)13(18-17-10)11-8-6-9-20-11/h6,8-9H,5,7H2,1-4H3,(H,16,19)(H,17,18). The summed E-state index contributed by atoms with van der Waals surface area (Å²) in [5, 5.41) is 12.5. The van der Waals surface area contributed by atoms with Gasteiger partial charge in [0.2, 0.25) is 5.91 Å². The molecule has 0 aliphatic heterocycles. The number of carbonyl (C=O) groups is 1. The monoisotopic (exact) mass is 291 g/mol. The average Bonchev–Trinajstić information content (AvgIpc) is 2.98. The zero-order valence-electron chi connectivity index (χ0n) is 12.4. The molecule has 0 saturated heterocycles. The number of hydrogen-bond donors (Lipinski definition) is 2. The van der Waals surface area contributed by atoms with Crippen LogP contribution in [0, 0.1) is 5.41 Å². The topological polar surface area (TPSA) is 57.8 Å². The van der Waals surface area contributed by atoms with Crippen LogP contribution in [0.5, 0.6) is 0 Å². The number of nitrogens with zero attached hydrogens (tertiary/aromatic N) is 1. The van der Waals surface area contributed by atoms with E-state index in [9.17, 15) is 4.79 Å². The Balaban J connectivity index is 2.38. The van der Waals surface area contributed by atoms with Crippen molar-refractivity contribution in [3.05, 3.63) is 23.2 Å². The lowest BCUT2D eigenvalue weighted by atomic mass is 9.95. The third-order valence-corrected chi connectivity index (χ3v) is 3.89. The van der Waals surface area contributed by atoms with E-state index in [0.29, 0.717) is 0 Å². The predicted octanol–water partition coefficient (Wildman–Crippen LogP) is 4.08. The van der Waals surface area contributed by atoms with Crippen LogP contribution in [0.4, 0.5) is 5.69 Å². The van der Waals surface area contributed by atoms with Crippen LogP contribution in [-0.2, 0) is 11.2 Å². The summed E-state index contributed by atoms with van der Waals surface area (Å²) in [5.41, 5.74) is 2.23. The summed E-state index contributed by atoms with van der Waals surface area (Å²) >= 11 is 1.62. The number of anilines is 1. The highest BCUT2D eigenvalue weighted by molar-refractivity contribution is 7.13. The molecule has 4 nitrogen and oxygen atoms in total. The summed E-state index contributed by atoms with van der Waals surface area (Å²) in [4.78, 5) is 13.3. The second-order valence-electron chi connectivity index (χ2n) is 5.86. The summed E-state index contributed by atoms with van der Waals surface area (Å²) in [6.07, 6.45) is 1.88. The van der Waals surface area contributed by atoms with Crippen LogP contribution in [-0.4, -0.2) is 16.1 Å². The largest absolute Gasteiger partial charge is 0.322 e. The number of hydrogen-bond acceptors (Lipinski definition) is 3. The number of H-pyrrole nitrogens is 1. The van der Waals surface area contributed by atoms with E-state index < -0.39 is 5.41 Å². The molecule has 2 aromatic rings. The van der Waals surface area contributed by atoms with Gasteiger partial charge in [-0.05, 0) is 17.9 Å². The lowest BCUT2D eigenvalue weighted by molar-refractivity contribution is -0.123. The molecule has 0 aromatic carbocycles. The molecule has 108 valence electrons. The number of amides is 1. The number of aryl methyl sites for hydroxylation is 1. The molecular formula is C15H21N3OS. The van der Waals surface area contributed by atoms with E-state index in [-0.39, 0.29) is 5.91 Å². The summed E-state index contributed by atoms with van der Waals surface area (Å²) in [6.45, 7) is 7.84. The Bertz CT molecular complexity index is 579. The summed E-state index contributed by atoms with van der Waals surface area (Å²) in [5.74, 6) is 0.00839. The maximum Gasteiger partial charge on any atom is 0.229 e. The van der Waals surface area contributed by atoms with Crippen LogP contribution in [0.25, 0.3) is 10.6 Å². The van der Waals surface area contributed by atoms with Gasteiger partial charge in [-0.15, -0.1) is 11.3 Å². The summed E-state index contributed by atoms with van der Waals surface area (Å²) in [6, 6.07) is 4.01. The minimum absolute atomic E-state index is 0.00839. The number of aromatic amines is 1. The van der Waals surface area contributed by atoms with Gasteiger partial charge in [0.05, 0.1) is 16.3 Å². The molecule has 0 aliphatic carbocycles. The molecule has 0 unspecified atom stereocenters. The smallest absolute Gasteiger partial charge is 0.229 e. The Morgan fingerprint density at radius 3 is 2.75 bits per heavy atom. The second-order valence-corrected chi connectivity index (χ2v) is 6.80. The first-order chi connectivity index (χ1) is 9.43. The van der Waals surface area contributed by atoms with Crippen molar-refractivity contribution in [1.82, 2.24) is 10.2 Å². The van der Waals surface area contributed by atoms with E-state index in [4.69, 9.17) is 0 Å². The van der Waals surface area contributed by atoms with E-state index >= 15 is 0 Å². The predicted molar refractivity (Wildman–Crippen MR) is 84.0 cm³/mol. The minimum atomic E-state index is -0.423. The van der Waals surface area contributed by atoms with Crippen LogP contribution >= 0.6 is 11.3 Å². The van der Waals surface area contributed by atoms with Gasteiger partial charge in [-0.2, -0.15) is 5.10 Å². The zero-order valence-corrected chi connectivity index (χ0v) is 13.2. The fourth-order valence-electron chi connectivity index (χ4n) is 1.84. The van der Waals surface area contributed by atoms with Crippen molar-refractivity contribution in [2.45, 2.75) is 40.5 Å². The third-order valence-electron chi connectivity index (χ3n) is 3.02. The Labute approximate surface area is 123 Å². The van der Waals surface area contributed by atoms with Crippen LogP contribution in [0.3, 0.4) is 0 Å². The molecular weight excluding hydrogens is 270 g/mol. The van der Waals surface area contributed by atoms with Gasteiger partial charge in [-0.3, -0.25) is 9.89 Å². The molecule has 2 rings (SSSR count). The number of thiophene rings is 1. The van der Waals surface area contributed by atoms with E-state index in [0.717, 1.165) is 34.8 Å². The molecule has 0 radical (unpaired) electrons. The zero-order chi connectivity index (χ0) is 14.8. The van der Waals surface area contributed by atoms with Gasteiger partial charge in [0.15, 0.2) is 0 Å². The quantitative estimate of drug-likeness (QED) is 0.892. The highest BCUT2D eigenvalue weighted by Crippen LogP contribution is 2.33. The number of aromatic nitrogens is 2. The van der Waals surface area contributed by atoms with Crippen LogP contribution in [0.2, 0.25) is 0 Å². The van der Waals surface area contributed by atoms with E-state index in [1.54, 1.807) is 11.3 Å². The highest BCUT2D eigenvalue weighted by atomic mass is 32.1. The Hall–Kier alpha value is -1.62. The maximum absolute atomic E-state index is 12.3. The van der Waals surface area contributed by atoms with Gasteiger partial charge in [0, 0.05) is 5.41 Å². The number of rotatable bonds is 4. The van der Waals surface area contributed by atoms with Gasteiger partial charge in [-0.1, -0.05) is 40.2 Å². The average molecular weight is 291 g/mol. The SMILES string of the molecule is CCCc1[nH]nc(-c2cccs2)c1NC(=O)C(C)(C)C. The molecule has 5 heteroatoms. The van der Waals surface area contributed by atoms with Gasteiger partial charge >= 0.3 is 0 Å². The Morgan fingerprint density at radius 1 is 1.45 bits per heavy atom. The fraction of sp³-hybridized carbons (Fsp3) is 0.467. The summed E-state index contributed by atoms with van der Waals surface area (Å²) in [7, 11) is 0. The molecule has 20 heavy (non-hydrogen) atoms. The van der Waals surface area contributed by atoms with Crippen molar-refractivity contribution < 1.29 is 4.79 Å². The molecule has 0 spiro atoms. The number of nitrogens with one attached hydrogen (secondary N) is 2. The van der Waals surface area contributed by atoms with Gasteiger partial charge in [0.1, 0.15) is 5.69 Å². The van der Waals surface area contributed by atoms with Crippen molar-refractivity contribution in [3.63, 3.8) is 0 Å². The number of carbonyl (C=O) groups excluding carboxylic acids is 1. The van der Waals surface area contributed by atoms with Crippen LogP contribution in [0.15, 0.2) is 17.5 Å². The van der Waals surface area contributed by atoms with E-state index in [1.165, 1.54) is 0 Å². The lowest BCUT2D eigenvalue weighted by Crippen LogP contribution is -2.28. The minimum Gasteiger partial charge on any atom is -0.322 e. The van der Waals surface area contributed by atoms with Gasteiger partial charge < -0.3 is 5.32 Å². The molecule has 1 amide bonds. The summed E-state index contributed by atoms with van der Waals surface area (Å²) < 4.78 is 0. The van der Waals surface area contributed by atoms with E-state index in [2.05, 4.69) is 22.4 Å². The Kier molecular flexibility index (Phi) is 4.28. The van der Waals surface area contributed by atoms with Crippen molar-refractivity contribution in [2.24, 2.45) is 5.41 Å². The molecule has 0 aliphatic rings.